The van der Waals surface area contributed by atoms with Crippen molar-refractivity contribution in [1.82, 2.24) is 9.55 Å². The number of rotatable bonds is 2. The highest BCUT2D eigenvalue weighted by molar-refractivity contribution is 7.71. The Morgan fingerprint density at radius 3 is 2.48 bits per heavy atom. The zero-order valence-electron chi connectivity index (χ0n) is 10.8. The average molecular weight is 360 g/mol. The second-order valence-corrected chi connectivity index (χ2v) is 5.97. The Bertz CT molecular complexity index is 901. The normalized spacial score (nSPS) is 11.0. The van der Waals surface area contributed by atoms with E-state index in [4.69, 9.17) is 51.8 Å². The Kier molecular flexibility index (Phi) is 3.88. The van der Waals surface area contributed by atoms with Gasteiger partial charge in [0.05, 0.1) is 38.9 Å². The molecule has 0 bridgehead atoms. The van der Waals surface area contributed by atoms with Crippen molar-refractivity contribution < 1.29 is 4.74 Å². The molecular weight excluding hydrogens is 351 g/mol. The third-order valence-corrected chi connectivity index (χ3v) is 4.44. The molecule has 0 saturated heterocycles. The minimum Gasteiger partial charge on any atom is -0.497 e. The van der Waals surface area contributed by atoms with E-state index in [1.165, 1.54) is 0 Å². The number of hydrogen-bond donors (Lipinski definition) is 1. The van der Waals surface area contributed by atoms with Gasteiger partial charge in [-0.05, 0) is 36.5 Å². The van der Waals surface area contributed by atoms with E-state index in [9.17, 15) is 0 Å². The Morgan fingerprint density at radius 1 is 1.05 bits per heavy atom. The maximum atomic E-state index is 6.29. The predicted octanol–water partition coefficient (Wildman–Crippen LogP) is 5.66. The maximum Gasteiger partial charge on any atom is 0.182 e. The molecule has 0 amide bonds. The van der Waals surface area contributed by atoms with Gasteiger partial charge in [-0.1, -0.05) is 34.8 Å². The van der Waals surface area contributed by atoms with Crippen LogP contribution in [0.15, 0.2) is 30.3 Å². The number of hydrogen-bond acceptors (Lipinski definition) is 2. The molecule has 0 aliphatic rings. The first-order valence-corrected chi connectivity index (χ1v) is 7.49. The summed E-state index contributed by atoms with van der Waals surface area (Å²) in [6, 6.07) is 8.84. The Labute approximate surface area is 141 Å². The highest BCUT2D eigenvalue weighted by Gasteiger charge is 2.13. The standard InChI is InChI=1S/C14H9Cl3N2OS/c1-20-7-2-3-8(15)12(4-7)19-13-6-10(17)9(16)5-11(13)18-14(19)21/h2-6H,1H3,(H,18,21). The Morgan fingerprint density at radius 2 is 1.76 bits per heavy atom. The van der Waals surface area contributed by atoms with E-state index in [1.54, 1.807) is 35.9 Å². The van der Waals surface area contributed by atoms with Crippen LogP contribution in [0.2, 0.25) is 15.1 Å². The molecule has 0 atom stereocenters. The number of methoxy groups -OCH3 is 1. The summed E-state index contributed by atoms with van der Waals surface area (Å²) in [7, 11) is 1.60. The van der Waals surface area contributed by atoms with Crippen LogP contribution in [0.4, 0.5) is 0 Å². The van der Waals surface area contributed by atoms with Crippen LogP contribution in [0, 0.1) is 4.77 Å². The molecule has 7 heteroatoms. The van der Waals surface area contributed by atoms with Crippen molar-refractivity contribution in [1.29, 1.82) is 0 Å². The van der Waals surface area contributed by atoms with Gasteiger partial charge in [-0.2, -0.15) is 0 Å². The molecule has 3 nitrogen and oxygen atoms in total. The highest BCUT2D eigenvalue weighted by atomic mass is 35.5. The monoisotopic (exact) mass is 358 g/mol. The van der Waals surface area contributed by atoms with Gasteiger partial charge in [0.2, 0.25) is 0 Å². The fourth-order valence-corrected chi connectivity index (χ4v) is 2.96. The van der Waals surface area contributed by atoms with Crippen molar-refractivity contribution in [2.24, 2.45) is 0 Å². The van der Waals surface area contributed by atoms with Crippen LogP contribution in [-0.2, 0) is 0 Å². The molecule has 21 heavy (non-hydrogen) atoms. The van der Waals surface area contributed by atoms with Crippen molar-refractivity contribution in [2.45, 2.75) is 0 Å². The molecule has 1 heterocycles. The molecule has 3 aromatic rings. The summed E-state index contributed by atoms with van der Waals surface area (Å²) >= 11 is 23.8. The van der Waals surface area contributed by atoms with Crippen molar-refractivity contribution >= 4 is 58.1 Å². The van der Waals surface area contributed by atoms with E-state index >= 15 is 0 Å². The molecule has 108 valence electrons. The van der Waals surface area contributed by atoms with Gasteiger partial charge in [0.1, 0.15) is 5.75 Å². The lowest BCUT2D eigenvalue weighted by Crippen LogP contribution is -1.96. The minimum atomic E-state index is 0.450. The first-order valence-electron chi connectivity index (χ1n) is 5.95. The lowest BCUT2D eigenvalue weighted by molar-refractivity contribution is 0.414. The molecule has 0 saturated carbocycles. The largest absolute Gasteiger partial charge is 0.497 e. The molecule has 0 aliphatic carbocycles. The fourth-order valence-electron chi connectivity index (χ4n) is 2.13. The fraction of sp³-hybridized carbons (Fsp3) is 0.0714. The molecule has 1 N–H and O–H groups in total. The van der Waals surface area contributed by atoms with Gasteiger partial charge in [-0.15, -0.1) is 0 Å². The van der Waals surface area contributed by atoms with Crippen molar-refractivity contribution in [3.05, 3.63) is 50.2 Å². The van der Waals surface area contributed by atoms with E-state index in [0.717, 1.165) is 11.0 Å². The molecule has 0 spiro atoms. The maximum absolute atomic E-state index is 6.29. The van der Waals surface area contributed by atoms with Gasteiger partial charge in [0.15, 0.2) is 4.77 Å². The van der Waals surface area contributed by atoms with E-state index in [-0.39, 0.29) is 0 Å². The summed E-state index contributed by atoms with van der Waals surface area (Å²) in [6.07, 6.45) is 0. The van der Waals surface area contributed by atoms with Crippen LogP contribution in [-0.4, -0.2) is 16.7 Å². The van der Waals surface area contributed by atoms with Gasteiger partial charge in [-0.25, -0.2) is 0 Å². The van der Waals surface area contributed by atoms with Gasteiger partial charge in [0, 0.05) is 6.07 Å². The number of H-pyrrole nitrogens is 1. The first-order chi connectivity index (χ1) is 10.0. The van der Waals surface area contributed by atoms with Crippen LogP contribution < -0.4 is 4.74 Å². The van der Waals surface area contributed by atoms with Gasteiger partial charge >= 0.3 is 0 Å². The first kappa shape index (κ1) is 14.7. The lowest BCUT2D eigenvalue weighted by Gasteiger charge is -2.09. The van der Waals surface area contributed by atoms with E-state index in [1.807, 2.05) is 6.07 Å². The number of fused-ring (bicyclic) bond motifs is 1. The Hall–Kier alpha value is -1.20. The summed E-state index contributed by atoms with van der Waals surface area (Å²) < 4.78 is 7.54. The number of nitrogens with one attached hydrogen (secondary N) is 1. The third-order valence-electron chi connectivity index (χ3n) is 3.12. The predicted molar refractivity (Wildman–Crippen MR) is 90.0 cm³/mol. The molecule has 0 unspecified atom stereocenters. The Balaban J connectivity index is 2.37. The summed E-state index contributed by atoms with van der Waals surface area (Å²) in [5.74, 6) is 0.686. The third kappa shape index (κ3) is 2.53. The van der Waals surface area contributed by atoms with Gasteiger partial charge < -0.3 is 9.72 Å². The van der Waals surface area contributed by atoms with Crippen molar-refractivity contribution in [2.75, 3.05) is 7.11 Å². The second kappa shape index (κ2) is 5.54. The zero-order chi connectivity index (χ0) is 15.1. The number of ether oxygens (including phenoxy) is 1. The number of halogens is 3. The molecular formula is C14H9Cl3N2OS. The van der Waals surface area contributed by atoms with E-state index in [2.05, 4.69) is 4.98 Å². The number of nitrogens with zero attached hydrogens (tertiary/aromatic N) is 1. The van der Waals surface area contributed by atoms with Crippen LogP contribution in [0.5, 0.6) is 5.75 Å². The van der Waals surface area contributed by atoms with Crippen LogP contribution in [0.25, 0.3) is 16.7 Å². The topological polar surface area (TPSA) is 29.9 Å². The molecule has 0 fully saturated rings. The SMILES string of the molecule is COc1ccc(Cl)c(-n2c(=S)[nH]c3cc(Cl)c(Cl)cc32)c1. The summed E-state index contributed by atoms with van der Waals surface area (Å²) in [6.45, 7) is 0. The number of benzene rings is 2. The van der Waals surface area contributed by atoms with Crippen molar-refractivity contribution in [3.8, 4) is 11.4 Å². The summed E-state index contributed by atoms with van der Waals surface area (Å²) in [5, 5.41) is 1.47. The average Bonchev–Trinajstić information content (AvgIpc) is 2.75. The van der Waals surface area contributed by atoms with Gasteiger partial charge in [-0.3, -0.25) is 4.57 Å². The van der Waals surface area contributed by atoms with Crippen LogP contribution >= 0.6 is 47.0 Å². The van der Waals surface area contributed by atoms with Crippen molar-refractivity contribution in [3.63, 3.8) is 0 Å². The summed E-state index contributed by atoms with van der Waals surface area (Å²) in [4.78, 5) is 3.09. The number of aromatic nitrogens is 2. The molecule has 0 radical (unpaired) electrons. The highest BCUT2D eigenvalue weighted by Crippen LogP contribution is 2.32. The second-order valence-electron chi connectivity index (χ2n) is 4.37. The van der Waals surface area contributed by atoms with Crippen LogP contribution in [0.1, 0.15) is 0 Å². The zero-order valence-corrected chi connectivity index (χ0v) is 13.9. The number of aromatic amines is 1. The smallest absolute Gasteiger partial charge is 0.182 e. The van der Waals surface area contributed by atoms with Crippen LogP contribution in [0.3, 0.4) is 0 Å². The van der Waals surface area contributed by atoms with E-state index in [0.29, 0.717) is 31.3 Å². The molecule has 0 aliphatic heterocycles. The quantitative estimate of drug-likeness (QED) is 0.599. The number of imidazole rings is 1. The molecule has 3 rings (SSSR count). The molecule has 1 aromatic heterocycles. The lowest BCUT2D eigenvalue weighted by atomic mass is 10.2. The summed E-state index contributed by atoms with van der Waals surface area (Å²) in [5.41, 5.74) is 2.29. The van der Waals surface area contributed by atoms with E-state index < -0.39 is 0 Å². The minimum absolute atomic E-state index is 0.450. The molecule has 2 aromatic carbocycles. The van der Waals surface area contributed by atoms with Gasteiger partial charge in [0.25, 0.3) is 0 Å².